The third-order valence-electron chi connectivity index (χ3n) is 12.8. The molecule has 4 aliphatic rings. The van der Waals surface area contributed by atoms with E-state index in [0.29, 0.717) is 35.3 Å². The smallest absolute Gasteiger partial charge is 0.252 e. The Morgan fingerprint density at radius 3 is 2.49 bits per heavy atom. The molecule has 12 nitrogen and oxygen atoms in total. The fourth-order valence-corrected chi connectivity index (χ4v) is 9.89. The molecular weight excluding hydrogens is 715 g/mol. The minimum atomic E-state index is -0.815. The summed E-state index contributed by atoms with van der Waals surface area (Å²) in [4.78, 5) is 55.5. The molecule has 1 aliphatic heterocycles. The highest BCUT2D eigenvalue weighted by atomic mass is 32.1. The van der Waals surface area contributed by atoms with Crippen molar-refractivity contribution in [3.05, 3.63) is 69.7 Å². The zero-order chi connectivity index (χ0) is 39.9. The molecule has 0 radical (unpaired) electrons. The summed E-state index contributed by atoms with van der Waals surface area (Å²) in [5.41, 5.74) is 13.8. The second kappa shape index (κ2) is 16.3. The predicted molar refractivity (Wildman–Crippen MR) is 216 cm³/mol. The fraction of sp³-hybridized carbons (Fsp3) is 0.571. The highest BCUT2D eigenvalue weighted by molar-refractivity contribution is 7.07. The van der Waals surface area contributed by atoms with Gasteiger partial charge in [-0.05, 0) is 90.3 Å². The molecule has 298 valence electrons. The van der Waals surface area contributed by atoms with Gasteiger partial charge >= 0.3 is 0 Å². The molecule has 7 rings (SSSR count). The van der Waals surface area contributed by atoms with Gasteiger partial charge in [-0.1, -0.05) is 39.0 Å². The van der Waals surface area contributed by atoms with Gasteiger partial charge in [0.2, 0.25) is 11.8 Å². The fourth-order valence-electron chi connectivity index (χ4n) is 9.32. The standard InChI is InChI=1S/C42H59N7O5S/c1-23-26(20-49-38(37(25(3)50)36(19-43)54-49)40(52)45-34-17-29-16-33(24(34)2)42(29,4)5)11-10-12-32(23)27-13-28(15-31(14-27)47(6)7)39(51)46-35(41(53)48(8)9)18-30-21-55-22-44-30/h10-15,21-22,24-25,29,33-38,50H,16-20,43H2,1-9H3,(H,45,52)(H,46,51)/t24-,25-,29+,33-,34-,35-,36-,37+,38-/m0/s1. The lowest BCUT2D eigenvalue weighted by atomic mass is 9.45. The van der Waals surface area contributed by atoms with Crippen LogP contribution in [0.5, 0.6) is 0 Å². The van der Waals surface area contributed by atoms with Gasteiger partial charge < -0.3 is 31.3 Å². The van der Waals surface area contributed by atoms with Crippen molar-refractivity contribution in [1.82, 2.24) is 25.6 Å². The number of carbonyl (C=O) groups excluding carboxylic acids is 3. The van der Waals surface area contributed by atoms with E-state index in [1.807, 2.05) is 67.7 Å². The minimum absolute atomic E-state index is 0.0710. The lowest BCUT2D eigenvalue weighted by molar-refractivity contribution is -0.175. The minimum Gasteiger partial charge on any atom is -0.393 e. The molecular formula is C42H59N7O5S. The van der Waals surface area contributed by atoms with Crippen molar-refractivity contribution in [1.29, 1.82) is 0 Å². The lowest BCUT2D eigenvalue weighted by Crippen LogP contribution is -2.62. The first kappa shape index (κ1) is 40.8. The number of fused-ring (bicyclic) bond motifs is 2. The molecule has 13 heteroatoms. The third kappa shape index (κ3) is 8.18. The molecule has 1 saturated heterocycles. The number of nitrogens with two attached hydrogens (primary N) is 1. The summed E-state index contributed by atoms with van der Waals surface area (Å²) in [6, 6.07) is 10.3. The molecule has 1 aromatic heterocycles. The number of hydroxylamine groups is 2. The summed E-state index contributed by atoms with van der Waals surface area (Å²) >= 11 is 1.44. The maximum atomic E-state index is 14.3. The number of nitrogens with one attached hydrogen (secondary N) is 2. The van der Waals surface area contributed by atoms with Crippen molar-refractivity contribution in [2.45, 2.75) is 90.8 Å². The normalized spacial score (nSPS) is 26.8. The van der Waals surface area contributed by atoms with Crippen LogP contribution < -0.4 is 21.3 Å². The van der Waals surface area contributed by atoms with E-state index in [9.17, 15) is 19.5 Å². The zero-order valence-corrected chi connectivity index (χ0v) is 34.5. The first-order valence-corrected chi connectivity index (χ1v) is 20.4. The zero-order valence-electron chi connectivity index (χ0n) is 33.7. The van der Waals surface area contributed by atoms with Crippen LogP contribution in [0.15, 0.2) is 47.3 Å². The molecule has 5 N–H and O–H groups in total. The summed E-state index contributed by atoms with van der Waals surface area (Å²) in [7, 11) is 7.19. The average molecular weight is 774 g/mol. The molecule has 4 fully saturated rings. The van der Waals surface area contributed by atoms with Gasteiger partial charge in [-0.25, -0.2) is 4.98 Å². The summed E-state index contributed by atoms with van der Waals surface area (Å²) in [6.45, 7) is 11.1. The van der Waals surface area contributed by atoms with E-state index in [4.69, 9.17) is 10.6 Å². The van der Waals surface area contributed by atoms with E-state index < -0.39 is 30.2 Å². The SMILES string of the molecule is Cc1c(CN2O[C@@H](CN)[C@@H]([C@H](C)O)[C@H]2C(=O)N[C@H]2C[C@H]3C[C@@H]([C@@H]2C)C3(C)C)cccc1-c1cc(C(=O)N[C@@H](Cc2cscn2)C(=O)N(C)C)cc(N(C)C)c1. The summed E-state index contributed by atoms with van der Waals surface area (Å²) in [5.74, 6) is 0.304. The number of thiazole rings is 1. The van der Waals surface area contributed by atoms with E-state index >= 15 is 0 Å². The Hall–Kier alpha value is -3.88. The van der Waals surface area contributed by atoms with Crippen LogP contribution in [0, 0.1) is 36.0 Å². The largest absolute Gasteiger partial charge is 0.393 e. The number of aliphatic hydroxyl groups excluding tert-OH is 1. The quantitative estimate of drug-likeness (QED) is 0.200. The Morgan fingerprint density at radius 1 is 1.15 bits per heavy atom. The summed E-state index contributed by atoms with van der Waals surface area (Å²) in [6.07, 6.45) is 1.12. The van der Waals surface area contributed by atoms with Crippen LogP contribution in [0.4, 0.5) is 5.69 Å². The van der Waals surface area contributed by atoms with Crippen molar-refractivity contribution in [3.8, 4) is 11.1 Å². The molecule has 3 aliphatic carbocycles. The molecule has 2 bridgehead atoms. The average Bonchev–Trinajstić information content (AvgIpc) is 3.80. The Kier molecular flexibility index (Phi) is 12.1. The number of nitrogens with zero attached hydrogens (tertiary/aromatic N) is 4. The molecule has 2 aromatic carbocycles. The molecule has 0 unspecified atom stereocenters. The van der Waals surface area contributed by atoms with E-state index in [0.717, 1.165) is 40.1 Å². The van der Waals surface area contributed by atoms with Crippen LogP contribution in [0.1, 0.15) is 67.7 Å². The van der Waals surface area contributed by atoms with E-state index in [1.165, 1.54) is 22.7 Å². The van der Waals surface area contributed by atoms with Gasteiger partial charge in [0, 0.05) is 69.7 Å². The Bertz CT molecular complexity index is 1860. The van der Waals surface area contributed by atoms with Crippen molar-refractivity contribution < 1.29 is 24.3 Å². The van der Waals surface area contributed by atoms with Crippen molar-refractivity contribution in [2.24, 2.45) is 34.8 Å². The maximum absolute atomic E-state index is 14.3. The van der Waals surface area contributed by atoms with E-state index in [1.54, 1.807) is 31.6 Å². The number of hydrogen-bond acceptors (Lipinski definition) is 10. The molecule has 0 spiro atoms. The first-order chi connectivity index (χ1) is 26.0. The molecule has 3 aromatic rings. The molecule has 2 heterocycles. The van der Waals surface area contributed by atoms with Gasteiger partial charge in [-0.15, -0.1) is 11.3 Å². The van der Waals surface area contributed by atoms with Crippen LogP contribution >= 0.6 is 11.3 Å². The highest BCUT2D eigenvalue weighted by Gasteiger charge is 2.57. The van der Waals surface area contributed by atoms with Gasteiger partial charge in [0.25, 0.3) is 5.91 Å². The Balaban J connectivity index is 1.27. The van der Waals surface area contributed by atoms with Crippen LogP contribution in [-0.2, 0) is 27.4 Å². The molecule has 3 saturated carbocycles. The maximum Gasteiger partial charge on any atom is 0.252 e. The number of rotatable bonds is 13. The number of aliphatic hydroxyl groups is 1. The van der Waals surface area contributed by atoms with Crippen molar-refractivity contribution in [3.63, 3.8) is 0 Å². The van der Waals surface area contributed by atoms with Gasteiger partial charge in [-0.3, -0.25) is 19.2 Å². The number of benzene rings is 2. The molecule has 55 heavy (non-hydrogen) atoms. The third-order valence-corrected chi connectivity index (χ3v) is 13.5. The molecule has 9 atom stereocenters. The van der Waals surface area contributed by atoms with Crippen LogP contribution in [0.2, 0.25) is 0 Å². The number of aromatic nitrogens is 1. The van der Waals surface area contributed by atoms with Gasteiger partial charge in [0.15, 0.2) is 0 Å². The number of anilines is 1. The lowest BCUT2D eigenvalue weighted by Gasteiger charge is -2.62. The number of amides is 3. The van der Waals surface area contributed by atoms with Crippen molar-refractivity contribution in [2.75, 3.05) is 39.6 Å². The second-order valence-corrected chi connectivity index (χ2v) is 17.7. The topological polar surface area (TPSA) is 153 Å². The Morgan fingerprint density at radius 2 is 1.89 bits per heavy atom. The first-order valence-electron chi connectivity index (χ1n) is 19.4. The summed E-state index contributed by atoms with van der Waals surface area (Å²) in [5, 5.41) is 21.0. The Labute approximate surface area is 329 Å². The predicted octanol–water partition coefficient (Wildman–Crippen LogP) is 4.24. The van der Waals surface area contributed by atoms with Gasteiger partial charge in [0.1, 0.15) is 12.1 Å². The van der Waals surface area contributed by atoms with E-state index in [2.05, 4.69) is 36.4 Å². The van der Waals surface area contributed by atoms with Crippen LogP contribution in [0.25, 0.3) is 11.1 Å². The molecule has 3 amide bonds. The van der Waals surface area contributed by atoms with Crippen LogP contribution in [0.3, 0.4) is 0 Å². The van der Waals surface area contributed by atoms with E-state index in [-0.39, 0.29) is 36.7 Å². The number of hydrogen-bond donors (Lipinski definition) is 4. The van der Waals surface area contributed by atoms with Gasteiger partial charge in [0.05, 0.1) is 30.0 Å². The number of carbonyl (C=O) groups is 3. The monoisotopic (exact) mass is 773 g/mol. The van der Waals surface area contributed by atoms with Crippen LogP contribution in [-0.4, -0.2) is 103 Å². The second-order valence-electron chi connectivity index (χ2n) is 17.0. The highest BCUT2D eigenvalue weighted by Crippen LogP contribution is 2.61. The van der Waals surface area contributed by atoms with Crippen molar-refractivity contribution >= 4 is 34.7 Å². The summed E-state index contributed by atoms with van der Waals surface area (Å²) < 4.78 is 0. The van der Waals surface area contributed by atoms with Gasteiger partial charge in [-0.2, -0.15) is 5.06 Å². The number of likely N-dealkylation sites (N-methyl/N-ethyl adjacent to an activating group) is 1.